The van der Waals surface area contributed by atoms with Crippen molar-refractivity contribution < 1.29 is 29.4 Å². The molecule has 0 aromatic carbocycles. The van der Waals surface area contributed by atoms with Crippen molar-refractivity contribution in [2.45, 2.75) is 53.4 Å². The maximum absolute atomic E-state index is 12.5. The molecule has 222 valence electrons. The number of nitrogens with one attached hydrogen (secondary N) is 3. The third-order valence-corrected chi connectivity index (χ3v) is 7.88. The van der Waals surface area contributed by atoms with Crippen LogP contribution in [-0.4, -0.2) is 49.6 Å². The first-order chi connectivity index (χ1) is 20.4. The topological polar surface area (TPSA) is 165 Å². The van der Waals surface area contributed by atoms with E-state index in [-0.39, 0.29) is 31.6 Å². The number of rotatable bonds is 11. The molecule has 0 atom stereocenters. The summed E-state index contributed by atoms with van der Waals surface area (Å²) in [6, 6.07) is 0. The number of aliphatic imine (C=N–C) groups is 1. The molecule has 4 heterocycles. The maximum atomic E-state index is 12.5. The van der Waals surface area contributed by atoms with Gasteiger partial charge in [0.2, 0.25) is 0 Å². The Morgan fingerprint density at radius 1 is 0.767 bits per heavy atom. The molecule has 0 saturated carbocycles. The molecule has 10 nitrogen and oxygen atoms in total. The molecule has 2 aromatic rings. The number of carbonyl (C=O) groups excluding carboxylic acids is 2. The Morgan fingerprint density at radius 3 is 2.00 bits per heavy atom. The zero-order chi connectivity index (χ0) is 31.6. The quantitative estimate of drug-likeness (QED) is 0.271. The second-order valence-electron chi connectivity index (χ2n) is 10.5. The number of carbonyl (C=O) groups is 4. The number of amides is 2. The highest BCUT2D eigenvalue weighted by atomic mass is 16.4. The van der Waals surface area contributed by atoms with Crippen molar-refractivity contribution in [1.29, 1.82) is 0 Å². The van der Waals surface area contributed by atoms with Crippen molar-refractivity contribution in [3.63, 3.8) is 0 Å². The van der Waals surface area contributed by atoms with E-state index in [2.05, 4.69) is 33.4 Å². The first-order valence-corrected chi connectivity index (χ1v) is 13.8. The fraction of sp³-hybridized carbons (Fsp3) is 0.242. The molecular formula is C33H34N4O6. The summed E-state index contributed by atoms with van der Waals surface area (Å²) in [6.07, 6.45) is 9.02. The molecule has 0 aliphatic carbocycles. The lowest BCUT2D eigenvalue weighted by atomic mass is 10.0. The number of aromatic nitrogens is 2. The van der Waals surface area contributed by atoms with Crippen LogP contribution in [0.25, 0.3) is 30.4 Å². The van der Waals surface area contributed by atoms with Crippen LogP contribution in [0.2, 0.25) is 0 Å². The Balaban J connectivity index is 1.75. The second-order valence-corrected chi connectivity index (χ2v) is 10.5. The van der Waals surface area contributed by atoms with Gasteiger partial charge in [0.25, 0.3) is 11.8 Å². The Bertz CT molecular complexity index is 1860. The molecule has 0 fully saturated rings. The van der Waals surface area contributed by atoms with E-state index < -0.39 is 17.8 Å². The number of carboxylic acids is 2. The van der Waals surface area contributed by atoms with E-state index in [1.807, 2.05) is 26.0 Å². The van der Waals surface area contributed by atoms with Crippen molar-refractivity contribution in [1.82, 2.24) is 15.3 Å². The van der Waals surface area contributed by atoms with Crippen LogP contribution in [-0.2, 0) is 19.2 Å². The van der Waals surface area contributed by atoms with Gasteiger partial charge >= 0.3 is 11.9 Å². The average molecular weight is 583 g/mol. The van der Waals surface area contributed by atoms with E-state index in [1.165, 1.54) is 0 Å². The van der Waals surface area contributed by atoms with Gasteiger partial charge in [-0.3, -0.25) is 19.2 Å². The minimum Gasteiger partial charge on any atom is -0.481 e. The maximum Gasteiger partial charge on any atom is 0.303 e. The summed E-state index contributed by atoms with van der Waals surface area (Å²) in [7, 11) is 0. The number of nitrogens with zero attached hydrogens (tertiary/aromatic N) is 1. The molecule has 5 N–H and O–H groups in total. The van der Waals surface area contributed by atoms with E-state index in [0.29, 0.717) is 39.1 Å². The summed E-state index contributed by atoms with van der Waals surface area (Å²) in [4.78, 5) is 57.9. The Labute approximate surface area is 248 Å². The lowest BCUT2D eigenvalue weighted by Gasteiger charge is -2.01. The van der Waals surface area contributed by atoms with Crippen molar-refractivity contribution in [3.8, 4) is 0 Å². The molecule has 4 rings (SSSR count). The van der Waals surface area contributed by atoms with Crippen LogP contribution >= 0.6 is 0 Å². The summed E-state index contributed by atoms with van der Waals surface area (Å²) < 4.78 is 0. The summed E-state index contributed by atoms with van der Waals surface area (Å²) >= 11 is 0. The van der Waals surface area contributed by atoms with Crippen LogP contribution in [0.1, 0.15) is 73.2 Å². The number of allylic oxidation sites excluding steroid dienone is 2. The molecule has 43 heavy (non-hydrogen) atoms. The van der Waals surface area contributed by atoms with Crippen LogP contribution in [0.3, 0.4) is 0 Å². The van der Waals surface area contributed by atoms with Crippen molar-refractivity contribution >= 4 is 59.8 Å². The Morgan fingerprint density at radius 2 is 1.40 bits per heavy atom. The first kappa shape index (κ1) is 30.7. The average Bonchev–Trinajstić information content (AvgIpc) is 3.58. The minimum absolute atomic E-state index is 0.122. The lowest BCUT2D eigenvalue weighted by molar-refractivity contribution is -0.138. The number of aliphatic carboxylic acids is 2. The van der Waals surface area contributed by atoms with Gasteiger partial charge in [0, 0.05) is 62.9 Å². The van der Waals surface area contributed by atoms with Gasteiger partial charge in [-0.2, -0.15) is 0 Å². The normalized spacial score (nSPS) is 16.9. The minimum atomic E-state index is -0.974. The smallest absolute Gasteiger partial charge is 0.303 e. The van der Waals surface area contributed by atoms with Gasteiger partial charge in [-0.05, 0) is 81.0 Å². The third-order valence-electron chi connectivity index (χ3n) is 7.88. The third kappa shape index (κ3) is 6.18. The number of carboxylic acid groups (broad SMARTS) is 2. The van der Waals surface area contributed by atoms with Crippen LogP contribution in [0, 0.1) is 13.8 Å². The lowest BCUT2D eigenvalue weighted by Crippen LogP contribution is -2.16. The van der Waals surface area contributed by atoms with Gasteiger partial charge < -0.3 is 25.5 Å². The Hall–Kier alpha value is -5.25. The molecular weight excluding hydrogens is 548 g/mol. The standard InChI is InChI=1S/C33H34N4O6/c1-7-20-16(3)24(34-28(20)14-26-18(5)22(32(42)36-26)9-11-30(38)39)13-25-17(4)21(8-2)29(35-25)15-27-19(6)23(33(43)37-27)10-12-31(40)41/h7-8,13-15,34-35H,1-2,9-12H2,3-6H3,(H,36,42)(H,38,39)(H,40,41)/b25-13+,26-14+,29-15+. The molecule has 2 aromatic heterocycles. The SMILES string of the molecule is C=Cc1c(/C=C2/NC(=O)C(CCC(=O)O)=C2C)[nH]c(/C=c2/[nH]/c(=C/C3=NC(=O)C(CCC(=O)O)=C3C)c(C=C)c2C)c1C. The molecule has 0 bridgehead atoms. The molecule has 0 radical (unpaired) electrons. The molecule has 2 amide bonds. The van der Waals surface area contributed by atoms with Crippen LogP contribution in [0.5, 0.6) is 0 Å². The second kappa shape index (κ2) is 12.3. The highest BCUT2D eigenvalue weighted by Crippen LogP contribution is 2.28. The van der Waals surface area contributed by atoms with Gasteiger partial charge in [0.15, 0.2) is 0 Å². The van der Waals surface area contributed by atoms with Gasteiger partial charge in [-0.1, -0.05) is 25.3 Å². The molecule has 0 unspecified atom stereocenters. The number of H-pyrrole nitrogens is 2. The van der Waals surface area contributed by atoms with Crippen LogP contribution in [0.4, 0.5) is 0 Å². The molecule has 10 heteroatoms. The van der Waals surface area contributed by atoms with E-state index in [9.17, 15) is 19.2 Å². The zero-order valence-corrected chi connectivity index (χ0v) is 24.6. The summed E-state index contributed by atoms with van der Waals surface area (Å²) in [6.45, 7) is 15.4. The monoisotopic (exact) mass is 582 g/mol. The largest absolute Gasteiger partial charge is 0.481 e. The van der Waals surface area contributed by atoms with E-state index in [4.69, 9.17) is 10.2 Å². The van der Waals surface area contributed by atoms with E-state index in [0.717, 1.165) is 39.0 Å². The van der Waals surface area contributed by atoms with Gasteiger partial charge in [-0.25, -0.2) is 4.99 Å². The number of hydrogen-bond donors (Lipinski definition) is 5. The fourth-order valence-electron chi connectivity index (χ4n) is 5.32. The number of aromatic amines is 2. The van der Waals surface area contributed by atoms with E-state index in [1.54, 1.807) is 32.1 Å². The molecule has 2 aliphatic rings. The van der Waals surface area contributed by atoms with Gasteiger partial charge in [-0.15, -0.1) is 0 Å². The molecule has 0 saturated heterocycles. The Kier molecular flexibility index (Phi) is 8.80. The number of hydrogen-bond acceptors (Lipinski definition) is 4. The van der Waals surface area contributed by atoms with E-state index >= 15 is 0 Å². The molecule has 2 aliphatic heterocycles. The first-order valence-electron chi connectivity index (χ1n) is 13.8. The van der Waals surface area contributed by atoms with Crippen LogP contribution < -0.4 is 16.0 Å². The summed E-state index contributed by atoms with van der Waals surface area (Å²) in [5.74, 6) is -2.65. The summed E-state index contributed by atoms with van der Waals surface area (Å²) in [5, 5.41) is 22.4. The predicted molar refractivity (Wildman–Crippen MR) is 166 cm³/mol. The fourth-order valence-corrected chi connectivity index (χ4v) is 5.32. The zero-order valence-electron chi connectivity index (χ0n) is 24.6. The van der Waals surface area contributed by atoms with Gasteiger partial charge in [0.05, 0.1) is 5.71 Å². The molecule has 0 spiro atoms. The highest BCUT2D eigenvalue weighted by molar-refractivity contribution is 6.30. The van der Waals surface area contributed by atoms with Crippen molar-refractivity contribution in [3.05, 3.63) is 85.5 Å². The summed E-state index contributed by atoms with van der Waals surface area (Å²) in [5.41, 5.74) is 8.41. The van der Waals surface area contributed by atoms with Gasteiger partial charge in [0.1, 0.15) is 0 Å². The highest BCUT2D eigenvalue weighted by Gasteiger charge is 2.25. The van der Waals surface area contributed by atoms with Crippen molar-refractivity contribution in [2.24, 2.45) is 4.99 Å². The van der Waals surface area contributed by atoms with Crippen LogP contribution in [0.15, 0.2) is 46.1 Å². The predicted octanol–water partition coefficient (Wildman–Crippen LogP) is 3.67. The van der Waals surface area contributed by atoms with Crippen molar-refractivity contribution in [2.75, 3.05) is 0 Å².